The van der Waals surface area contributed by atoms with E-state index < -0.39 is 0 Å². The lowest BCUT2D eigenvalue weighted by Gasteiger charge is -2.22. The average Bonchev–Trinajstić information content (AvgIpc) is 3.19. The van der Waals surface area contributed by atoms with E-state index in [9.17, 15) is 9.59 Å². The third-order valence-corrected chi connectivity index (χ3v) is 6.16. The maximum Gasteiger partial charge on any atom is 0.290 e. The van der Waals surface area contributed by atoms with Gasteiger partial charge in [-0.1, -0.05) is 35.9 Å². The lowest BCUT2D eigenvalue weighted by atomic mass is 9.85. The molecule has 27 heavy (non-hydrogen) atoms. The quantitative estimate of drug-likeness (QED) is 0.583. The standard InChI is InChI=1S/C22H22N2O2S/c1-14(2)16-8-6-15(7-9-16)13-24-11-10-18-17(4-3-5-19(18)24)12-20-21(25)23-22(26)27-20/h3-6,10-12,16H,1,7-9,13H2,2H3,(H,23,25,26)/b20-12-/t16-/m1/s1. The molecule has 1 aliphatic heterocycles. The summed E-state index contributed by atoms with van der Waals surface area (Å²) in [6.07, 6.45) is 9.64. The van der Waals surface area contributed by atoms with Crippen molar-refractivity contribution in [1.29, 1.82) is 0 Å². The molecule has 1 aliphatic carbocycles. The summed E-state index contributed by atoms with van der Waals surface area (Å²) >= 11 is 0.953. The number of hydrogen-bond donors (Lipinski definition) is 1. The molecular weight excluding hydrogens is 356 g/mol. The molecule has 4 rings (SSSR count). The Labute approximate surface area is 163 Å². The second-order valence-electron chi connectivity index (χ2n) is 7.26. The minimum absolute atomic E-state index is 0.312. The number of allylic oxidation sites excluding steroid dienone is 3. The summed E-state index contributed by atoms with van der Waals surface area (Å²) in [4.78, 5) is 23.7. The van der Waals surface area contributed by atoms with Gasteiger partial charge in [-0.2, -0.15) is 0 Å². The lowest BCUT2D eigenvalue weighted by molar-refractivity contribution is -0.115. The van der Waals surface area contributed by atoms with Gasteiger partial charge in [0.05, 0.1) is 4.91 Å². The molecule has 2 amide bonds. The van der Waals surface area contributed by atoms with Gasteiger partial charge < -0.3 is 4.57 Å². The SMILES string of the molecule is C=C(C)[C@@H]1CC=C(Cn2ccc3c(/C=C4\SC(=O)NC4=O)cccc32)CC1. The topological polar surface area (TPSA) is 51.1 Å². The highest BCUT2D eigenvalue weighted by atomic mass is 32.2. The molecular formula is C22H22N2O2S. The normalized spacial score (nSPS) is 21.6. The van der Waals surface area contributed by atoms with Crippen molar-refractivity contribution in [3.8, 4) is 0 Å². The highest BCUT2D eigenvalue weighted by Gasteiger charge is 2.25. The van der Waals surface area contributed by atoms with E-state index in [2.05, 4.69) is 47.8 Å². The van der Waals surface area contributed by atoms with Crippen LogP contribution in [0.1, 0.15) is 31.7 Å². The molecule has 0 spiro atoms. The summed E-state index contributed by atoms with van der Waals surface area (Å²) in [6, 6.07) is 8.16. The maximum absolute atomic E-state index is 11.8. The molecule has 0 saturated carbocycles. The molecule has 138 valence electrons. The number of fused-ring (bicyclic) bond motifs is 1. The van der Waals surface area contributed by atoms with Crippen LogP contribution in [0.4, 0.5) is 4.79 Å². The van der Waals surface area contributed by atoms with Crippen LogP contribution >= 0.6 is 11.8 Å². The van der Waals surface area contributed by atoms with Crippen molar-refractivity contribution in [1.82, 2.24) is 9.88 Å². The lowest BCUT2D eigenvalue weighted by Crippen LogP contribution is -2.17. The molecule has 4 nitrogen and oxygen atoms in total. The van der Waals surface area contributed by atoms with Gasteiger partial charge in [-0.15, -0.1) is 0 Å². The van der Waals surface area contributed by atoms with E-state index >= 15 is 0 Å². The molecule has 1 aromatic carbocycles. The van der Waals surface area contributed by atoms with Crippen molar-refractivity contribution in [2.75, 3.05) is 0 Å². The van der Waals surface area contributed by atoms with Crippen LogP contribution < -0.4 is 5.32 Å². The number of benzene rings is 1. The highest BCUT2D eigenvalue weighted by Crippen LogP contribution is 2.31. The number of aromatic nitrogens is 1. The average molecular weight is 378 g/mol. The highest BCUT2D eigenvalue weighted by molar-refractivity contribution is 8.18. The zero-order valence-corrected chi connectivity index (χ0v) is 16.1. The van der Waals surface area contributed by atoms with Gasteiger partial charge in [0.1, 0.15) is 0 Å². The van der Waals surface area contributed by atoms with E-state index in [0.717, 1.165) is 47.6 Å². The second kappa shape index (κ2) is 7.24. The number of imide groups is 1. The summed E-state index contributed by atoms with van der Waals surface area (Å²) < 4.78 is 2.26. The Morgan fingerprint density at radius 1 is 1.37 bits per heavy atom. The Balaban J connectivity index is 1.60. The van der Waals surface area contributed by atoms with Crippen LogP contribution in [0.2, 0.25) is 0 Å². The van der Waals surface area contributed by atoms with Gasteiger partial charge in [-0.05, 0) is 67.6 Å². The third-order valence-electron chi connectivity index (χ3n) is 5.35. The van der Waals surface area contributed by atoms with Crippen molar-refractivity contribution < 1.29 is 9.59 Å². The van der Waals surface area contributed by atoms with Gasteiger partial charge in [0.15, 0.2) is 0 Å². The number of thioether (sulfide) groups is 1. The molecule has 1 fully saturated rings. The summed E-state index contributed by atoms with van der Waals surface area (Å²) in [5, 5.41) is 3.08. The fourth-order valence-corrected chi connectivity index (χ4v) is 4.44. The number of carbonyl (C=O) groups excluding carboxylic acids is 2. The number of carbonyl (C=O) groups is 2. The van der Waals surface area contributed by atoms with Crippen LogP contribution in [0.25, 0.3) is 17.0 Å². The summed E-state index contributed by atoms with van der Waals surface area (Å²) in [5.41, 5.74) is 4.84. The van der Waals surface area contributed by atoms with Crippen molar-refractivity contribution in [2.24, 2.45) is 5.92 Å². The molecule has 0 bridgehead atoms. The van der Waals surface area contributed by atoms with E-state index in [-0.39, 0.29) is 11.1 Å². The molecule has 0 unspecified atom stereocenters. The molecule has 1 N–H and O–H groups in total. The minimum Gasteiger partial charge on any atom is -0.343 e. The third kappa shape index (κ3) is 3.65. The molecule has 5 heteroatoms. The number of amides is 2. The van der Waals surface area contributed by atoms with Crippen LogP contribution in [0.5, 0.6) is 0 Å². The Kier molecular flexibility index (Phi) is 4.79. The van der Waals surface area contributed by atoms with Crippen molar-refractivity contribution >= 4 is 39.9 Å². The van der Waals surface area contributed by atoms with Crippen LogP contribution in [0, 0.1) is 5.92 Å². The number of rotatable bonds is 4. The van der Waals surface area contributed by atoms with Gasteiger partial charge in [-0.3, -0.25) is 14.9 Å². The molecule has 2 heterocycles. The van der Waals surface area contributed by atoms with Gasteiger partial charge in [0.2, 0.25) is 0 Å². The van der Waals surface area contributed by atoms with Crippen molar-refractivity contribution in [3.63, 3.8) is 0 Å². The molecule has 2 aliphatic rings. The monoisotopic (exact) mass is 378 g/mol. The Bertz CT molecular complexity index is 1010. The smallest absolute Gasteiger partial charge is 0.290 e. The first-order valence-corrected chi connectivity index (χ1v) is 9.99. The van der Waals surface area contributed by atoms with Gasteiger partial charge in [0, 0.05) is 23.6 Å². The van der Waals surface area contributed by atoms with Crippen molar-refractivity contribution in [2.45, 2.75) is 32.7 Å². The molecule has 1 atom stereocenters. The van der Waals surface area contributed by atoms with Gasteiger partial charge in [-0.25, -0.2) is 0 Å². The first-order chi connectivity index (χ1) is 13.0. The predicted octanol–water partition coefficient (Wildman–Crippen LogP) is 5.27. The van der Waals surface area contributed by atoms with Crippen molar-refractivity contribution in [3.05, 3.63) is 64.7 Å². The number of nitrogens with one attached hydrogen (secondary N) is 1. The van der Waals surface area contributed by atoms with E-state index in [0.29, 0.717) is 10.8 Å². The second-order valence-corrected chi connectivity index (χ2v) is 8.27. The van der Waals surface area contributed by atoms with Crippen LogP contribution in [-0.4, -0.2) is 15.7 Å². The zero-order valence-electron chi connectivity index (χ0n) is 15.3. The molecule has 1 aromatic heterocycles. The van der Waals surface area contributed by atoms with Crippen LogP contribution in [0.3, 0.4) is 0 Å². The van der Waals surface area contributed by atoms with E-state index in [1.54, 1.807) is 6.08 Å². The summed E-state index contributed by atoms with van der Waals surface area (Å²) in [5.74, 6) is 0.298. The van der Waals surface area contributed by atoms with E-state index in [4.69, 9.17) is 0 Å². The zero-order chi connectivity index (χ0) is 19.0. The number of hydrogen-bond acceptors (Lipinski definition) is 3. The molecule has 0 radical (unpaired) electrons. The largest absolute Gasteiger partial charge is 0.343 e. The Morgan fingerprint density at radius 3 is 2.89 bits per heavy atom. The molecule has 2 aromatic rings. The number of nitrogens with zero attached hydrogens (tertiary/aromatic N) is 1. The van der Waals surface area contributed by atoms with E-state index in [1.165, 1.54) is 17.6 Å². The molecule has 1 saturated heterocycles. The fraction of sp³-hybridized carbons (Fsp3) is 0.273. The minimum atomic E-state index is -0.319. The van der Waals surface area contributed by atoms with E-state index in [1.807, 2.05) is 12.1 Å². The fourth-order valence-electron chi connectivity index (χ4n) is 3.77. The summed E-state index contributed by atoms with van der Waals surface area (Å²) in [6.45, 7) is 7.10. The van der Waals surface area contributed by atoms with Crippen LogP contribution in [0.15, 0.2) is 59.2 Å². The first kappa shape index (κ1) is 17.9. The summed E-state index contributed by atoms with van der Waals surface area (Å²) in [7, 11) is 0. The van der Waals surface area contributed by atoms with Gasteiger partial charge >= 0.3 is 0 Å². The predicted molar refractivity (Wildman–Crippen MR) is 111 cm³/mol. The van der Waals surface area contributed by atoms with Gasteiger partial charge in [0.25, 0.3) is 11.1 Å². The Morgan fingerprint density at radius 2 is 2.22 bits per heavy atom. The maximum atomic E-state index is 11.8. The first-order valence-electron chi connectivity index (χ1n) is 9.17. The van der Waals surface area contributed by atoms with Crippen LogP contribution in [-0.2, 0) is 11.3 Å². The Hall–Kier alpha value is -2.53.